The highest BCUT2D eigenvalue weighted by molar-refractivity contribution is 5.84. The Morgan fingerprint density at radius 3 is 2.68 bits per heavy atom. The molecule has 1 unspecified atom stereocenters. The van der Waals surface area contributed by atoms with E-state index in [9.17, 15) is 9.59 Å². The van der Waals surface area contributed by atoms with E-state index in [0.29, 0.717) is 6.54 Å². The zero-order valence-corrected chi connectivity index (χ0v) is 11.1. The monoisotopic (exact) mass is 261 g/mol. The lowest BCUT2D eigenvalue weighted by molar-refractivity contribution is -0.140. The molecular formula is C15H19NO3. The van der Waals surface area contributed by atoms with Crippen molar-refractivity contribution in [2.45, 2.75) is 38.1 Å². The fourth-order valence-corrected chi connectivity index (χ4v) is 2.67. The van der Waals surface area contributed by atoms with Crippen molar-refractivity contribution in [1.29, 1.82) is 0 Å². The van der Waals surface area contributed by atoms with Gasteiger partial charge in [0.1, 0.15) is 0 Å². The number of hydrogen-bond donors (Lipinski definition) is 1. The number of likely N-dealkylation sites (tertiary alicyclic amines) is 1. The van der Waals surface area contributed by atoms with E-state index >= 15 is 0 Å². The molecule has 0 spiro atoms. The second-order valence-corrected chi connectivity index (χ2v) is 5.06. The number of carbonyl (C=O) groups excluding carboxylic acids is 1. The molecule has 0 radical (unpaired) electrons. The first-order valence-corrected chi connectivity index (χ1v) is 6.67. The molecule has 1 fully saturated rings. The van der Waals surface area contributed by atoms with Crippen LogP contribution < -0.4 is 0 Å². The Labute approximate surface area is 113 Å². The summed E-state index contributed by atoms with van der Waals surface area (Å²) in [4.78, 5) is 25.0. The van der Waals surface area contributed by atoms with Crippen molar-refractivity contribution in [3.05, 3.63) is 35.9 Å². The van der Waals surface area contributed by atoms with E-state index in [0.717, 1.165) is 18.4 Å². The van der Waals surface area contributed by atoms with Crippen molar-refractivity contribution in [2.24, 2.45) is 0 Å². The van der Waals surface area contributed by atoms with E-state index in [1.54, 1.807) is 4.90 Å². The highest BCUT2D eigenvalue weighted by Crippen LogP contribution is 2.26. The molecule has 1 aromatic carbocycles. The average molecular weight is 261 g/mol. The van der Waals surface area contributed by atoms with Crippen molar-refractivity contribution in [3.8, 4) is 0 Å². The molecule has 1 aromatic rings. The molecule has 4 nitrogen and oxygen atoms in total. The van der Waals surface area contributed by atoms with Crippen molar-refractivity contribution >= 4 is 11.9 Å². The standard InChI is InChI=1S/C15H19NO3/c1-11(12-6-3-2-4-7-12)15(19)16-9-5-8-13(16)10-14(17)18/h2-4,6-7,11,13H,5,8-10H2,1H3,(H,17,18)/t11-,13?/m1/s1. The zero-order chi connectivity index (χ0) is 13.8. The summed E-state index contributed by atoms with van der Waals surface area (Å²) >= 11 is 0. The maximum atomic E-state index is 12.5. The minimum atomic E-state index is -0.836. The SMILES string of the molecule is C[C@@H](C(=O)N1CCCC1CC(=O)O)c1ccccc1. The van der Waals surface area contributed by atoms with Gasteiger partial charge in [-0.3, -0.25) is 9.59 Å². The van der Waals surface area contributed by atoms with Crippen LogP contribution in [0.15, 0.2) is 30.3 Å². The molecular weight excluding hydrogens is 242 g/mol. The molecule has 0 bridgehead atoms. The number of nitrogens with zero attached hydrogens (tertiary/aromatic N) is 1. The van der Waals surface area contributed by atoms with E-state index in [-0.39, 0.29) is 24.3 Å². The van der Waals surface area contributed by atoms with Crippen molar-refractivity contribution in [1.82, 2.24) is 4.90 Å². The minimum absolute atomic E-state index is 0.0370. The number of rotatable bonds is 4. The van der Waals surface area contributed by atoms with Gasteiger partial charge in [-0.2, -0.15) is 0 Å². The van der Waals surface area contributed by atoms with Gasteiger partial charge in [0, 0.05) is 12.6 Å². The number of carboxylic acid groups (broad SMARTS) is 1. The summed E-state index contributed by atoms with van der Waals surface area (Å²) in [6.07, 6.45) is 1.73. The predicted octanol–water partition coefficient (Wildman–Crippen LogP) is 2.26. The summed E-state index contributed by atoms with van der Waals surface area (Å²) < 4.78 is 0. The lowest BCUT2D eigenvalue weighted by Gasteiger charge is -2.26. The molecule has 1 heterocycles. The number of aliphatic carboxylic acids is 1. The van der Waals surface area contributed by atoms with Crippen LogP contribution in [0, 0.1) is 0 Å². The molecule has 0 saturated carbocycles. The summed E-state index contributed by atoms with van der Waals surface area (Å²) in [7, 11) is 0. The predicted molar refractivity (Wildman–Crippen MR) is 71.8 cm³/mol. The van der Waals surface area contributed by atoms with Crippen LogP contribution in [0.25, 0.3) is 0 Å². The third-order valence-corrected chi connectivity index (χ3v) is 3.74. The maximum Gasteiger partial charge on any atom is 0.305 e. The fourth-order valence-electron chi connectivity index (χ4n) is 2.67. The number of carboxylic acids is 1. The summed E-state index contributed by atoms with van der Waals surface area (Å²) in [5, 5.41) is 8.89. The first-order valence-electron chi connectivity index (χ1n) is 6.67. The average Bonchev–Trinajstić information content (AvgIpc) is 2.85. The van der Waals surface area contributed by atoms with Gasteiger partial charge in [0.05, 0.1) is 12.3 Å². The van der Waals surface area contributed by atoms with Crippen LogP contribution in [0.1, 0.15) is 37.7 Å². The van der Waals surface area contributed by atoms with E-state index in [2.05, 4.69) is 0 Å². The molecule has 2 atom stereocenters. The van der Waals surface area contributed by atoms with Crippen molar-refractivity contribution in [3.63, 3.8) is 0 Å². The van der Waals surface area contributed by atoms with E-state index in [1.807, 2.05) is 37.3 Å². The summed E-state index contributed by atoms with van der Waals surface area (Å²) in [5.41, 5.74) is 0.980. The van der Waals surface area contributed by atoms with Crippen LogP contribution in [-0.2, 0) is 9.59 Å². The zero-order valence-electron chi connectivity index (χ0n) is 11.1. The van der Waals surface area contributed by atoms with Crippen LogP contribution in [0.3, 0.4) is 0 Å². The smallest absolute Gasteiger partial charge is 0.305 e. The van der Waals surface area contributed by atoms with Gasteiger partial charge < -0.3 is 10.0 Å². The fraction of sp³-hybridized carbons (Fsp3) is 0.467. The van der Waals surface area contributed by atoms with Crippen molar-refractivity contribution < 1.29 is 14.7 Å². The van der Waals surface area contributed by atoms with Gasteiger partial charge in [-0.25, -0.2) is 0 Å². The lowest BCUT2D eigenvalue weighted by atomic mass is 9.99. The second kappa shape index (κ2) is 5.87. The van der Waals surface area contributed by atoms with Crippen molar-refractivity contribution in [2.75, 3.05) is 6.54 Å². The Morgan fingerprint density at radius 1 is 1.37 bits per heavy atom. The molecule has 19 heavy (non-hydrogen) atoms. The Balaban J connectivity index is 2.08. The first kappa shape index (κ1) is 13.6. The number of benzene rings is 1. The van der Waals surface area contributed by atoms with Gasteiger partial charge >= 0.3 is 5.97 Å². The molecule has 1 saturated heterocycles. The number of carbonyl (C=O) groups is 2. The van der Waals surface area contributed by atoms with Crippen LogP contribution >= 0.6 is 0 Å². The molecule has 4 heteroatoms. The Hall–Kier alpha value is -1.84. The quantitative estimate of drug-likeness (QED) is 0.904. The third kappa shape index (κ3) is 3.13. The Morgan fingerprint density at radius 2 is 2.05 bits per heavy atom. The van der Waals surface area contributed by atoms with Crippen LogP contribution in [-0.4, -0.2) is 34.5 Å². The maximum absolute atomic E-state index is 12.5. The van der Waals surface area contributed by atoms with Gasteiger partial charge in [0.2, 0.25) is 5.91 Å². The highest BCUT2D eigenvalue weighted by Gasteiger charge is 2.32. The molecule has 1 aliphatic heterocycles. The normalized spacial score (nSPS) is 20.3. The number of hydrogen-bond acceptors (Lipinski definition) is 2. The molecule has 1 aliphatic rings. The molecule has 0 aromatic heterocycles. The Bertz CT molecular complexity index is 458. The first-order chi connectivity index (χ1) is 9.09. The molecule has 102 valence electrons. The van der Waals surface area contributed by atoms with E-state index < -0.39 is 5.97 Å². The minimum Gasteiger partial charge on any atom is -0.481 e. The van der Waals surface area contributed by atoms with Crippen LogP contribution in [0.5, 0.6) is 0 Å². The third-order valence-electron chi connectivity index (χ3n) is 3.74. The largest absolute Gasteiger partial charge is 0.481 e. The van der Waals surface area contributed by atoms with Gasteiger partial charge in [-0.15, -0.1) is 0 Å². The van der Waals surface area contributed by atoms with Crippen LogP contribution in [0.4, 0.5) is 0 Å². The topological polar surface area (TPSA) is 57.6 Å². The number of amides is 1. The van der Waals surface area contributed by atoms with E-state index in [4.69, 9.17) is 5.11 Å². The molecule has 1 N–H and O–H groups in total. The summed E-state index contributed by atoms with van der Waals surface area (Å²) in [5.74, 6) is -1.01. The Kier molecular flexibility index (Phi) is 4.20. The lowest BCUT2D eigenvalue weighted by Crippen LogP contribution is -2.39. The molecule has 0 aliphatic carbocycles. The van der Waals surface area contributed by atoms with E-state index in [1.165, 1.54) is 0 Å². The van der Waals surface area contributed by atoms with Gasteiger partial charge in [-0.1, -0.05) is 30.3 Å². The summed E-state index contributed by atoms with van der Waals surface area (Å²) in [6.45, 7) is 2.56. The van der Waals surface area contributed by atoms with Gasteiger partial charge in [-0.05, 0) is 25.3 Å². The second-order valence-electron chi connectivity index (χ2n) is 5.06. The highest BCUT2D eigenvalue weighted by atomic mass is 16.4. The molecule has 1 amide bonds. The van der Waals surface area contributed by atoms with Gasteiger partial charge in [0.25, 0.3) is 0 Å². The molecule has 2 rings (SSSR count). The van der Waals surface area contributed by atoms with Gasteiger partial charge in [0.15, 0.2) is 0 Å². The van der Waals surface area contributed by atoms with Crippen LogP contribution in [0.2, 0.25) is 0 Å². The summed E-state index contributed by atoms with van der Waals surface area (Å²) in [6, 6.07) is 9.48.